The van der Waals surface area contributed by atoms with Gasteiger partial charge in [0.2, 0.25) is 0 Å². The summed E-state index contributed by atoms with van der Waals surface area (Å²) in [5.41, 5.74) is 3.68. The van der Waals surface area contributed by atoms with Crippen molar-refractivity contribution in [2.45, 2.75) is 73.9 Å². The summed E-state index contributed by atoms with van der Waals surface area (Å²) >= 11 is 0. The van der Waals surface area contributed by atoms with Crippen molar-refractivity contribution in [2.75, 3.05) is 20.7 Å². The lowest BCUT2D eigenvalue weighted by atomic mass is 10.1. The van der Waals surface area contributed by atoms with Crippen LogP contribution in [0.15, 0.2) is 21.5 Å². The summed E-state index contributed by atoms with van der Waals surface area (Å²) in [6.45, 7) is 13.3. The van der Waals surface area contributed by atoms with Gasteiger partial charge in [0.25, 0.3) is 11.4 Å². The molecule has 3 rings (SSSR count). The maximum atomic E-state index is 13.2. The third-order valence-electron chi connectivity index (χ3n) is 4.73. The molecule has 0 aliphatic rings. The molecule has 1 N–H and O–H groups in total. The minimum absolute atomic E-state index is 0.145. The molecule has 32 heavy (non-hydrogen) atoms. The maximum Gasteiger partial charge on any atom is 0.282 e. The molecule has 0 atom stereocenters. The number of hydrogen-bond acceptors (Lipinski definition) is 7. The molecule has 0 amide bonds. The van der Waals surface area contributed by atoms with Crippen LogP contribution in [-0.2, 0) is 13.1 Å². The van der Waals surface area contributed by atoms with E-state index in [0.717, 1.165) is 41.4 Å². The second-order valence-electron chi connectivity index (χ2n) is 7.38. The molecule has 8 nitrogen and oxygen atoms in total. The van der Waals surface area contributed by atoms with Crippen LogP contribution in [0.2, 0.25) is 0 Å². The van der Waals surface area contributed by atoms with E-state index < -0.39 is 0 Å². The lowest BCUT2D eigenvalue weighted by Gasteiger charge is -2.13. The van der Waals surface area contributed by atoms with E-state index in [1.54, 1.807) is 4.57 Å². The van der Waals surface area contributed by atoms with Gasteiger partial charge in [-0.05, 0) is 70.5 Å². The van der Waals surface area contributed by atoms with Gasteiger partial charge in [-0.2, -0.15) is 4.98 Å². The molecule has 0 fully saturated rings. The molecular formula is C24H39N5O3. The molecule has 1 aromatic carbocycles. The fraction of sp³-hybridized carbons (Fsp3) is 0.583. The molecular weight excluding hydrogens is 406 g/mol. The molecule has 0 aliphatic carbocycles. The fourth-order valence-corrected chi connectivity index (χ4v) is 3.11. The van der Waals surface area contributed by atoms with Gasteiger partial charge in [-0.25, -0.2) is 4.98 Å². The lowest BCUT2D eigenvalue weighted by Crippen LogP contribution is -2.24. The average molecular weight is 446 g/mol. The molecule has 0 bridgehead atoms. The molecule has 2 heterocycles. The first-order valence-electron chi connectivity index (χ1n) is 11.5. The van der Waals surface area contributed by atoms with Gasteiger partial charge in [0.15, 0.2) is 11.5 Å². The summed E-state index contributed by atoms with van der Waals surface area (Å²) in [5, 5.41) is 13.0. The molecule has 0 spiro atoms. The summed E-state index contributed by atoms with van der Waals surface area (Å²) in [6.07, 6.45) is 2.36. The zero-order valence-electron chi connectivity index (χ0n) is 20.9. The highest BCUT2D eigenvalue weighted by Crippen LogP contribution is 2.21. The van der Waals surface area contributed by atoms with E-state index in [1.807, 2.05) is 72.7 Å². The Bertz CT molecular complexity index is 1020. The number of aliphatic hydroxyl groups excluding tert-OH is 1. The third-order valence-corrected chi connectivity index (χ3v) is 4.73. The number of aliphatic hydroxyl groups is 1. The quantitative estimate of drug-likeness (QED) is 0.515. The summed E-state index contributed by atoms with van der Waals surface area (Å²) in [6, 6.07) is 3.98. The summed E-state index contributed by atoms with van der Waals surface area (Å²) in [7, 11) is 3.82. The predicted molar refractivity (Wildman–Crippen MR) is 130 cm³/mol. The number of aryl methyl sites for hydroxylation is 3. The minimum atomic E-state index is -0.236. The first-order chi connectivity index (χ1) is 15.4. The van der Waals surface area contributed by atoms with E-state index in [9.17, 15) is 4.79 Å². The molecule has 0 aliphatic heterocycles. The molecule has 178 valence electrons. The number of aromatic nitrogens is 4. The number of hydrogen-bond donors (Lipinski definition) is 1. The van der Waals surface area contributed by atoms with E-state index in [1.165, 1.54) is 0 Å². The van der Waals surface area contributed by atoms with Crippen molar-refractivity contribution in [1.29, 1.82) is 0 Å². The normalized spacial score (nSPS) is 10.6. The van der Waals surface area contributed by atoms with Crippen molar-refractivity contribution < 1.29 is 9.63 Å². The van der Waals surface area contributed by atoms with Gasteiger partial charge in [0.05, 0.1) is 17.6 Å². The van der Waals surface area contributed by atoms with Gasteiger partial charge in [0.1, 0.15) is 0 Å². The molecule has 3 aromatic rings. The van der Waals surface area contributed by atoms with E-state index in [-0.39, 0.29) is 23.8 Å². The van der Waals surface area contributed by atoms with Gasteiger partial charge >= 0.3 is 0 Å². The van der Waals surface area contributed by atoms with Crippen LogP contribution in [-0.4, -0.2) is 50.4 Å². The molecule has 0 unspecified atom stereocenters. The van der Waals surface area contributed by atoms with E-state index in [2.05, 4.69) is 15.1 Å². The van der Waals surface area contributed by atoms with Crippen molar-refractivity contribution in [2.24, 2.45) is 0 Å². The van der Waals surface area contributed by atoms with Gasteiger partial charge in [0, 0.05) is 13.2 Å². The number of benzene rings is 1. The van der Waals surface area contributed by atoms with Crippen molar-refractivity contribution in [3.8, 4) is 11.6 Å². The Hall–Kier alpha value is -2.58. The van der Waals surface area contributed by atoms with Crippen LogP contribution in [0.3, 0.4) is 0 Å². The largest absolute Gasteiger partial charge is 0.396 e. The molecule has 0 radical (unpaired) electrons. The Labute approximate surface area is 191 Å². The smallest absolute Gasteiger partial charge is 0.282 e. The van der Waals surface area contributed by atoms with Crippen LogP contribution >= 0.6 is 0 Å². The Kier molecular flexibility index (Phi) is 11.8. The standard InChI is InChI=1S/C20H27N5O3.2C2H6/c1-13-10-15-16(11-14(13)2)25(8-6-5-7-9-26)20(27)18(21-15)19-22-17(23-28-19)12-24(3)4;2*1-2/h10-11,26H,5-9,12H2,1-4H3;2*1-2H3. The van der Waals surface area contributed by atoms with Crippen LogP contribution in [0, 0.1) is 13.8 Å². The lowest BCUT2D eigenvalue weighted by molar-refractivity contribution is 0.282. The predicted octanol–water partition coefficient (Wildman–Crippen LogP) is 4.34. The monoisotopic (exact) mass is 445 g/mol. The average Bonchev–Trinajstić information content (AvgIpc) is 3.24. The van der Waals surface area contributed by atoms with Crippen molar-refractivity contribution in [3.05, 3.63) is 39.4 Å². The second-order valence-corrected chi connectivity index (χ2v) is 7.38. The molecule has 0 saturated heterocycles. The Morgan fingerprint density at radius 1 is 1.00 bits per heavy atom. The number of nitrogens with zero attached hydrogens (tertiary/aromatic N) is 5. The first-order valence-corrected chi connectivity index (χ1v) is 11.5. The van der Waals surface area contributed by atoms with E-state index in [4.69, 9.17) is 9.63 Å². The number of rotatable bonds is 8. The van der Waals surface area contributed by atoms with Gasteiger partial charge in [-0.15, -0.1) is 0 Å². The van der Waals surface area contributed by atoms with E-state index >= 15 is 0 Å². The summed E-state index contributed by atoms with van der Waals surface area (Å²) in [5.74, 6) is 0.655. The number of unbranched alkanes of at least 4 members (excludes halogenated alkanes) is 2. The topological polar surface area (TPSA) is 97.3 Å². The summed E-state index contributed by atoms with van der Waals surface area (Å²) < 4.78 is 7.07. The Morgan fingerprint density at radius 3 is 2.28 bits per heavy atom. The van der Waals surface area contributed by atoms with Crippen LogP contribution < -0.4 is 5.56 Å². The maximum absolute atomic E-state index is 13.2. The van der Waals surface area contributed by atoms with Crippen LogP contribution in [0.25, 0.3) is 22.6 Å². The van der Waals surface area contributed by atoms with Crippen LogP contribution in [0.5, 0.6) is 0 Å². The highest BCUT2D eigenvalue weighted by Gasteiger charge is 2.19. The molecule has 2 aromatic heterocycles. The minimum Gasteiger partial charge on any atom is -0.396 e. The van der Waals surface area contributed by atoms with Crippen LogP contribution in [0.4, 0.5) is 0 Å². The zero-order chi connectivity index (χ0) is 24.3. The van der Waals surface area contributed by atoms with Crippen molar-refractivity contribution in [1.82, 2.24) is 24.6 Å². The molecule has 0 saturated carbocycles. The van der Waals surface area contributed by atoms with Gasteiger partial charge < -0.3 is 19.1 Å². The van der Waals surface area contributed by atoms with Gasteiger partial charge in [-0.3, -0.25) is 4.79 Å². The van der Waals surface area contributed by atoms with Crippen molar-refractivity contribution in [3.63, 3.8) is 0 Å². The summed E-state index contributed by atoms with van der Waals surface area (Å²) in [4.78, 5) is 24.0. The highest BCUT2D eigenvalue weighted by molar-refractivity contribution is 5.78. The zero-order valence-corrected chi connectivity index (χ0v) is 20.9. The highest BCUT2D eigenvalue weighted by atomic mass is 16.5. The second kappa shape index (κ2) is 13.8. The Morgan fingerprint density at radius 2 is 1.66 bits per heavy atom. The Balaban J connectivity index is 0.00000121. The van der Waals surface area contributed by atoms with Crippen LogP contribution in [0.1, 0.15) is 63.9 Å². The SMILES string of the molecule is CC.CC.Cc1cc2nc(-c3nc(CN(C)C)no3)c(=O)n(CCCCCO)c2cc1C. The number of fused-ring (bicyclic) bond motifs is 1. The van der Waals surface area contributed by atoms with Gasteiger partial charge in [-0.1, -0.05) is 32.9 Å². The first kappa shape index (κ1) is 27.5. The van der Waals surface area contributed by atoms with E-state index in [0.29, 0.717) is 18.9 Å². The molecule has 8 heteroatoms. The van der Waals surface area contributed by atoms with Crippen molar-refractivity contribution >= 4 is 11.0 Å². The fourth-order valence-electron chi connectivity index (χ4n) is 3.11. The third kappa shape index (κ3) is 6.97.